The first-order chi connectivity index (χ1) is 10.9. The molecular formula is C21H30O2. The fourth-order valence-corrected chi connectivity index (χ4v) is 6.69. The maximum absolute atomic E-state index is 11.8. The van der Waals surface area contributed by atoms with Gasteiger partial charge in [0.15, 0.2) is 5.78 Å². The van der Waals surface area contributed by atoms with Crippen LogP contribution in [-0.2, 0) is 4.79 Å². The molecule has 1 N–H and O–H groups in total. The van der Waals surface area contributed by atoms with E-state index in [0.29, 0.717) is 24.0 Å². The van der Waals surface area contributed by atoms with Crippen molar-refractivity contribution < 1.29 is 9.90 Å². The summed E-state index contributed by atoms with van der Waals surface area (Å²) >= 11 is 0. The van der Waals surface area contributed by atoms with Gasteiger partial charge in [-0.1, -0.05) is 31.1 Å². The summed E-state index contributed by atoms with van der Waals surface area (Å²) < 4.78 is 0. The zero-order valence-corrected chi connectivity index (χ0v) is 14.8. The molecule has 6 atom stereocenters. The van der Waals surface area contributed by atoms with E-state index in [1.165, 1.54) is 24.8 Å². The monoisotopic (exact) mass is 314 g/mol. The Kier molecular flexibility index (Phi) is 3.43. The summed E-state index contributed by atoms with van der Waals surface area (Å²) in [6.45, 7) is 6.79. The molecule has 0 radical (unpaired) electrons. The van der Waals surface area contributed by atoms with Gasteiger partial charge < -0.3 is 5.11 Å². The maximum Gasteiger partial charge on any atom is 0.155 e. The number of carbonyl (C=O) groups excluding carboxylic acids is 1. The van der Waals surface area contributed by atoms with E-state index in [1.54, 1.807) is 5.57 Å². The highest BCUT2D eigenvalue weighted by Crippen LogP contribution is 2.64. The van der Waals surface area contributed by atoms with E-state index in [2.05, 4.69) is 19.9 Å². The van der Waals surface area contributed by atoms with Crippen molar-refractivity contribution in [1.29, 1.82) is 0 Å². The first-order valence-electron chi connectivity index (χ1n) is 9.49. The fourth-order valence-electron chi connectivity index (χ4n) is 6.69. The Morgan fingerprint density at radius 1 is 1.22 bits per heavy atom. The number of allylic oxidation sites excluding steroid dienone is 4. The number of rotatable bonds is 1. The lowest BCUT2D eigenvalue weighted by molar-refractivity contribution is -0.115. The highest BCUT2D eigenvalue weighted by atomic mass is 16.3. The average molecular weight is 314 g/mol. The van der Waals surface area contributed by atoms with E-state index >= 15 is 0 Å². The third-order valence-corrected chi connectivity index (χ3v) is 7.99. The van der Waals surface area contributed by atoms with Crippen LogP contribution in [0.1, 0.15) is 65.7 Å². The van der Waals surface area contributed by atoms with E-state index in [9.17, 15) is 9.90 Å². The van der Waals surface area contributed by atoms with E-state index in [-0.39, 0.29) is 16.9 Å². The van der Waals surface area contributed by atoms with Crippen LogP contribution in [0, 0.1) is 28.6 Å². The van der Waals surface area contributed by atoms with Crippen LogP contribution in [0.15, 0.2) is 23.3 Å². The van der Waals surface area contributed by atoms with Crippen molar-refractivity contribution >= 4 is 5.78 Å². The molecule has 0 amide bonds. The largest absolute Gasteiger partial charge is 0.393 e. The van der Waals surface area contributed by atoms with Crippen molar-refractivity contribution in [3.05, 3.63) is 23.3 Å². The molecular weight excluding hydrogens is 284 g/mol. The van der Waals surface area contributed by atoms with Gasteiger partial charge in [-0.2, -0.15) is 0 Å². The molecule has 0 bridgehead atoms. The summed E-state index contributed by atoms with van der Waals surface area (Å²) in [5, 5.41) is 10.3. The molecule has 4 rings (SSSR count). The maximum atomic E-state index is 11.8. The lowest BCUT2D eigenvalue weighted by Gasteiger charge is -2.53. The van der Waals surface area contributed by atoms with Crippen LogP contribution < -0.4 is 0 Å². The number of hydrogen-bond donors (Lipinski definition) is 1. The second kappa shape index (κ2) is 5.05. The molecule has 0 aliphatic heterocycles. The van der Waals surface area contributed by atoms with Crippen LogP contribution >= 0.6 is 0 Å². The number of aliphatic hydroxyl groups is 1. The van der Waals surface area contributed by atoms with E-state index in [0.717, 1.165) is 25.2 Å². The Morgan fingerprint density at radius 2 is 2.00 bits per heavy atom. The SMILES string of the molecule is C[C@H](O)[C@@H]1CC[C@@H]2[C@@H]3CCC4=CC(=O)CC[C@]4(C)C3=CC[C@@]21C. The molecule has 2 nitrogen and oxygen atoms in total. The Labute approximate surface area is 140 Å². The molecule has 0 unspecified atom stereocenters. The highest BCUT2D eigenvalue weighted by molar-refractivity contribution is 5.92. The third-order valence-electron chi connectivity index (χ3n) is 7.99. The molecule has 0 aromatic carbocycles. The van der Waals surface area contributed by atoms with Crippen LogP contribution in [0.4, 0.5) is 0 Å². The predicted molar refractivity (Wildman–Crippen MR) is 91.9 cm³/mol. The predicted octanol–water partition coefficient (Wildman–Crippen LogP) is 4.44. The normalized spacial score (nSPS) is 47.1. The van der Waals surface area contributed by atoms with Crippen LogP contribution in [0.2, 0.25) is 0 Å². The Balaban J connectivity index is 1.73. The van der Waals surface area contributed by atoms with E-state index in [4.69, 9.17) is 0 Å². The van der Waals surface area contributed by atoms with Gasteiger partial charge >= 0.3 is 0 Å². The molecule has 4 aliphatic rings. The van der Waals surface area contributed by atoms with Crippen molar-refractivity contribution in [2.45, 2.75) is 71.8 Å². The number of hydrogen-bond acceptors (Lipinski definition) is 2. The van der Waals surface area contributed by atoms with Gasteiger partial charge in [-0.3, -0.25) is 4.79 Å². The number of aliphatic hydroxyl groups excluding tert-OH is 1. The fraction of sp³-hybridized carbons (Fsp3) is 0.762. The minimum absolute atomic E-state index is 0.140. The lowest BCUT2D eigenvalue weighted by atomic mass is 9.51. The third kappa shape index (κ3) is 2.06. The zero-order chi connectivity index (χ0) is 16.4. The summed E-state index contributed by atoms with van der Waals surface area (Å²) in [7, 11) is 0. The van der Waals surface area contributed by atoms with Crippen LogP contribution in [-0.4, -0.2) is 17.0 Å². The zero-order valence-electron chi connectivity index (χ0n) is 14.8. The van der Waals surface area contributed by atoms with E-state index < -0.39 is 0 Å². The van der Waals surface area contributed by atoms with Gasteiger partial charge in [-0.25, -0.2) is 0 Å². The molecule has 0 saturated heterocycles. The summed E-state index contributed by atoms with van der Waals surface area (Å²) in [5.41, 5.74) is 3.44. The molecule has 2 heteroatoms. The smallest absolute Gasteiger partial charge is 0.155 e. The van der Waals surface area contributed by atoms with Gasteiger partial charge in [0.25, 0.3) is 0 Å². The molecule has 0 spiro atoms. The highest BCUT2D eigenvalue weighted by Gasteiger charge is 2.56. The summed E-state index contributed by atoms with van der Waals surface area (Å²) in [6.07, 6.45) is 11.8. The Bertz CT molecular complexity index is 599. The lowest BCUT2D eigenvalue weighted by Crippen LogP contribution is -2.45. The van der Waals surface area contributed by atoms with E-state index in [1.807, 2.05) is 13.0 Å². The van der Waals surface area contributed by atoms with Crippen LogP contribution in [0.3, 0.4) is 0 Å². The van der Waals surface area contributed by atoms with Gasteiger partial charge in [0.1, 0.15) is 0 Å². The van der Waals surface area contributed by atoms with Crippen LogP contribution in [0.25, 0.3) is 0 Å². The molecule has 126 valence electrons. The molecule has 4 aliphatic carbocycles. The standard InChI is InChI=1S/C21H30O2/c1-13(22)17-6-7-18-16-5-4-14-12-15(23)8-10-20(14,2)19(16)9-11-21(17,18)3/h9,12-13,16-18,22H,4-8,10-11H2,1-3H3/t13-,16-,17-,18+,20-,21+/m0/s1. The van der Waals surface area contributed by atoms with Gasteiger partial charge in [-0.05, 0) is 74.7 Å². The van der Waals surface area contributed by atoms with Gasteiger partial charge in [0, 0.05) is 11.8 Å². The average Bonchev–Trinajstić information content (AvgIpc) is 2.85. The molecule has 2 saturated carbocycles. The number of carbonyl (C=O) groups is 1. The van der Waals surface area contributed by atoms with Crippen molar-refractivity contribution in [2.24, 2.45) is 28.6 Å². The second-order valence-corrected chi connectivity index (χ2v) is 9.01. The Morgan fingerprint density at radius 3 is 2.74 bits per heavy atom. The summed E-state index contributed by atoms with van der Waals surface area (Å²) in [5.74, 6) is 2.17. The quantitative estimate of drug-likeness (QED) is 0.727. The minimum Gasteiger partial charge on any atom is -0.393 e. The second-order valence-electron chi connectivity index (χ2n) is 9.01. The molecule has 0 aromatic rings. The van der Waals surface area contributed by atoms with Crippen molar-refractivity contribution in [2.75, 3.05) is 0 Å². The molecule has 0 heterocycles. The summed E-state index contributed by atoms with van der Waals surface area (Å²) in [4.78, 5) is 11.8. The van der Waals surface area contributed by atoms with Crippen molar-refractivity contribution in [3.63, 3.8) is 0 Å². The van der Waals surface area contributed by atoms with Gasteiger partial charge in [-0.15, -0.1) is 0 Å². The first kappa shape index (κ1) is 15.6. The van der Waals surface area contributed by atoms with Gasteiger partial charge in [0.2, 0.25) is 0 Å². The molecule has 23 heavy (non-hydrogen) atoms. The Hall–Kier alpha value is -0.890. The van der Waals surface area contributed by atoms with Gasteiger partial charge in [0.05, 0.1) is 6.10 Å². The van der Waals surface area contributed by atoms with Crippen molar-refractivity contribution in [3.8, 4) is 0 Å². The number of fused-ring (bicyclic) bond motifs is 5. The topological polar surface area (TPSA) is 37.3 Å². The van der Waals surface area contributed by atoms with Crippen LogP contribution in [0.5, 0.6) is 0 Å². The minimum atomic E-state index is -0.193. The molecule has 2 fully saturated rings. The molecule has 0 aromatic heterocycles. The van der Waals surface area contributed by atoms with Crippen molar-refractivity contribution in [1.82, 2.24) is 0 Å². The number of ketones is 1. The summed E-state index contributed by atoms with van der Waals surface area (Å²) in [6, 6.07) is 0. The first-order valence-corrected chi connectivity index (χ1v) is 9.49.